The number of hydrogen-bond donors (Lipinski definition) is 2. The third-order valence-electron chi connectivity index (χ3n) is 3.01. The van der Waals surface area contributed by atoms with Gasteiger partial charge >= 0.3 is 0 Å². The van der Waals surface area contributed by atoms with Crippen molar-refractivity contribution in [2.45, 2.75) is 0 Å². The third kappa shape index (κ3) is 1.56. The highest BCUT2D eigenvalue weighted by molar-refractivity contribution is 6.33. The highest BCUT2D eigenvalue weighted by atomic mass is 35.5. The van der Waals surface area contributed by atoms with Gasteiger partial charge < -0.3 is 0 Å². The molecule has 0 aliphatic carbocycles. The van der Waals surface area contributed by atoms with Gasteiger partial charge in [-0.1, -0.05) is 11.6 Å². The average Bonchev–Trinajstić information content (AvgIpc) is 3.05. The zero-order valence-electron chi connectivity index (χ0n) is 9.85. The van der Waals surface area contributed by atoms with E-state index in [4.69, 9.17) is 11.6 Å². The minimum absolute atomic E-state index is 0.176. The molecule has 8 heteroatoms. The van der Waals surface area contributed by atoms with Gasteiger partial charge in [0.25, 0.3) is 0 Å². The summed E-state index contributed by atoms with van der Waals surface area (Å²) in [4.78, 5) is 8.35. The molecule has 0 radical (unpaired) electrons. The van der Waals surface area contributed by atoms with Gasteiger partial charge in [0.05, 0.1) is 17.3 Å². The van der Waals surface area contributed by atoms with E-state index in [9.17, 15) is 4.39 Å². The summed E-state index contributed by atoms with van der Waals surface area (Å²) in [5.41, 5.74) is 1.95. The smallest absolute Gasteiger partial charge is 0.164 e. The van der Waals surface area contributed by atoms with Crippen molar-refractivity contribution in [2.75, 3.05) is 0 Å². The van der Waals surface area contributed by atoms with Gasteiger partial charge in [0, 0.05) is 11.6 Å². The average molecular weight is 289 g/mol. The van der Waals surface area contributed by atoms with Crippen LogP contribution >= 0.6 is 11.6 Å². The summed E-state index contributed by atoms with van der Waals surface area (Å²) in [6, 6.07) is 2.99. The first kappa shape index (κ1) is 11.3. The van der Waals surface area contributed by atoms with E-state index in [0.717, 1.165) is 0 Å². The lowest BCUT2D eigenvalue weighted by Crippen LogP contribution is -1.93. The number of nitrogens with zero attached hydrogens (tertiary/aromatic N) is 4. The fraction of sp³-hybridized carbons (Fsp3) is 0. The van der Waals surface area contributed by atoms with Gasteiger partial charge in [-0.3, -0.25) is 10.2 Å². The van der Waals surface area contributed by atoms with Crippen LogP contribution in [0.4, 0.5) is 4.39 Å². The van der Waals surface area contributed by atoms with Crippen molar-refractivity contribution in [2.24, 2.45) is 0 Å². The van der Waals surface area contributed by atoms with Gasteiger partial charge in [0.1, 0.15) is 16.9 Å². The number of hydrogen-bond acceptors (Lipinski definition) is 4. The molecule has 0 saturated carbocycles. The Bertz CT molecular complexity index is 944. The van der Waals surface area contributed by atoms with E-state index < -0.39 is 5.82 Å². The Kier molecular flexibility index (Phi) is 2.25. The molecule has 1 aromatic carbocycles. The first-order chi connectivity index (χ1) is 9.72. The molecule has 3 aromatic heterocycles. The normalized spacial score (nSPS) is 11.5. The molecule has 2 N–H and O–H groups in total. The number of aromatic nitrogens is 6. The Morgan fingerprint density at radius 2 is 2.10 bits per heavy atom. The highest BCUT2D eigenvalue weighted by Crippen LogP contribution is 2.27. The zero-order valence-corrected chi connectivity index (χ0v) is 10.6. The number of aromatic amines is 2. The summed E-state index contributed by atoms with van der Waals surface area (Å²) in [6.07, 6.45) is 3.13. The summed E-state index contributed by atoms with van der Waals surface area (Å²) in [5.74, 6) is -0.226. The van der Waals surface area contributed by atoms with Crippen LogP contribution in [-0.2, 0) is 0 Å². The van der Waals surface area contributed by atoms with E-state index in [1.54, 1.807) is 18.5 Å². The molecule has 0 atom stereocenters. The molecule has 4 aromatic rings. The highest BCUT2D eigenvalue weighted by Gasteiger charge is 2.14. The molecule has 0 spiro atoms. The van der Waals surface area contributed by atoms with Crippen LogP contribution in [0.25, 0.3) is 33.3 Å². The Balaban J connectivity index is 2.01. The summed E-state index contributed by atoms with van der Waals surface area (Å²) < 4.78 is 14.2. The summed E-state index contributed by atoms with van der Waals surface area (Å²) in [6.45, 7) is 0. The quantitative estimate of drug-likeness (QED) is 0.528. The van der Waals surface area contributed by atoms with Crippen LogP contribution in [-0.4, -0.2) is 30.4 Å². The monoisotopic (exact) mass is 288 g/mol. The number of rotatable bonds is 1. The number of H-pyrrole nitrogens is 2. The second-order valence-corrected chi connectivity index (χ2v) is 4.60. The predicted octanol–water partition coefficient (Wildman–Crippen LogP) is 2.69. The Morgan fingerprint density at radius 1 is 1.20 bits per heavy atom. The minimum atomic E-state index is -0.433. The van der Waals surface area contributed by atoms with Crippen molar-refractivity contribution in [1.82, 2.24) is 30.4 Å². The topological polar surface area (TPSA) is 83.1 Å². The number of nitrogens with one attached hydrogen (secondary N) is 2. The summed E-state index contributed by atoms with van der Waals surface area (Å²) in [7, 11) is 0. The second-order valence-electron chi connectivity index (χ2n) is 4.25. The van der Waals surface area contributed by atoms with Crippen molar-refractivity contribution in [1.29, 1.82) is 0 Å². The SMILES string of the molecule is Fc1cc2cn[nH]c2cc1-c1nc(Cl)c2n[nH]cc2n1. The van der Waals surface area contributed by atoms with Gasteiger partial charge in [-0.2, -0.15) is 10.2 Å². The summed E-state index contributed by atoms with van der Waals surface area (Å²) >= 11 is 6.03. The van der Waals surface area contributed by atoms with Crippen molar-refractivity contribution in [3.8, 4) is 11.4 Å². The standard InChI is InChI=1S/C12H6ClFN6/c13-11-10-9(4-16-20-10)17-12(18-11)6-2-8-5(1-7(6)14)3-15-19-8/h1-4H,(H,15,19)(H,16,20). The van der Waals surface area contributed by atoms with E-state index in [1.807, 2.05) is 0 Å². The van der Waals surface area contributed by atoms with Gasteiger partial charge in [0.2, 0.25) is 0 Å². The molecule has 20 heavy (non-hydrogen) atoms. The molecule has 0 aliphatic heterocycles. The lowest BCUT2D eigenvalue weighted by molar-refractivity contribution is 0.632. The molecule has 4 rings (SSSR count). The molecule has 98 valence electrons. The van der Waals surface area contributed by atoms with Gasteiger partial charge in [-0.05, 0) is 12.1 Å². The Hall–Kier alpha value is -2.54. The van der Waals surface area contributed by atoms with Gasteiger partial charge in [-0.25, -0.2) is 14.4 Å². The number of halogens is 2. The molecule has 0 saturated heterocycles. The van der Waals surface area contributed by atoms with Crippen molar-refractivity contribution in [3.63, 3.8) is 0 Å². The van der Waals surface area contributed by atoms with Gasteiger partial charge in [-0.15, -0.1) is 0 Å². The minimum Gasteiger partial charge on any atom is -0.283 e. The largest absolute Gasteiger partial charge is 0.283 e. The Morgan fingerprint density at radius 3 is 3.00 bits per heavy atom. The van der Waals surface area contributed by atoms with Crippen molar-refractivity contribution >= 4 is 33.5 Å². The second kappa shape index (κ2) is 3.97. The molecule has 6 nitrogen and oxygen atoms in total. The zero-order chi connectivity index (χ0) is 13.7. The molecular weight excluding hydrogens is 283 g/mol. The maximum atomic E-state index is 14.2. The fourth-order valence-electron chi connectivity index (χ4n) is 2.06. The Labute approximate surface area is 116 Å². The van der Waals surface area contributed by atoms with E-state index in [0.29, 0.717) is 21.9 Å². The molecule has 0 fully saturated rings. The van der Waals surface area contributed by atoms with Crippen LogP contribution in [0.1, 0.15) is 0 Å². The molecular formula is C12H6ClFN6. The summed E-state index contributed by atoms with van der Waals surface area (Å²) in [5, 5.41) is 14.1. The van der Waals surface area contributed by atoms with Crippen LogP contribution in [0.2, 0.25) is 5.15 Å². The van der Waals surface area contributed by atoms with Crippen LogP contribution in [0.3, 0.4) is 0 Å². The molecule has 0 unspecified atom stereocenters. The fourth-order valence-corrected chi connectivity index (χ4v) is 2.28. The number of fused-ring (bicyclic) bond motifs is 2. The molecule has 3 heterocycles. The lowest BCUT2D eigenvalue weighted by atomic mass is 10.1. The van der Waals surface area contributed by atoms with Gasteiger partial charge in [0.15, 0.2) is 11.0 Å². The van der Waals surface area contributed by atoms with Crippen LogP contribution < -0.4 is 0 Å². The first-order valence-electron chi connectivity index (χ1n) is 5.72. The van der Waals surface area contributed by atoms with Crippen LogP contribution in [0.5, 0.6) is 0 Å². The van der Waals surface area contributed by atoms with Crippen LogP contribution in [0, 0.1) is 5.82 Å². The molecule has 0 bridgehead atoms. The lowest BCUT2D eigenvalue weighted by Gasteiger charge is -2.03. The first-order valence-corrected chi connectivity index (χ1v) is 6.10. The van der Waals surface area contributed by atoms with Crippen LogP contribution in [0.15, 0.2) is 24.5 Å². The van der Waals surface area contributed by atoms with Crippen molar-refractivity contribution in [3.05, 3.63) is 35.5 Å². The van der Waals surface area contributed by atoms with E-state index in [1.165, 1.54) is 6.07 Å². The predicted molar refractivity (Wildman–Crippen MR) is 71.7 cm³/mol. The van der Waals surface area contributed by atoms with E-state index in [2.05, 4.69) is 30.4 Å². The maximum Gasteiger partial charge on any atom is 0.164 e. The molecule has 0 aliphatic rings. The molecule has 0 amide bonds. The maximum absolute atomic E-state index is 14.2. The third-order valence-corrected chi connectivity index (χ3v) is 3.28. The van der Waals surface area contributed by atoms with E-state index >= 15 is 0 Å². The number of benzene rings is 1. The van der Waals surface area contributed by atoms with Crippen molar-refractivity contribution < 1.29 is 4.39 Å². The van der Waals surface area contributed by atoms with E-state index in [-0.39, 0.29) is 16.5 Å².